The van der Waals surface area contributed by atoms with Gasteiger partial charge in [0, 0.05) is 0 Å². The molecule has 6 nitrogen and oxygen atoms in total. The van der Waals surface area contributed by atoms with E-state index in [2.05, 4.69) is 9.71 Å². The van der Waals surface area contributed by atoms with E-state index in [-0.39, 0.29) is 10.1 Å². The summed E-state index contributed by atoms with van der Waals surface area (Å²) in [6.45, 7) is 5.39. The van der Waals surface area contributed by atoms with Gasteiger partial charge in [-0.3, -0.25) is 4.79 Å². The van der Waals surface area contributed by atoms with Gasteiger partial charge in [-0.15, -0.1) is 11.3 Å². The molecule has 0 spiro atoms. The van der Waals surface area contributed by atoms with Crippen LogP contribution in [0.15, 0.2) is 10.4 Å². The fraction of sp³-hybridized carbons (Fsp3) is 0.636. The Kier molecular flexibility index (Phi) is 5.45. The highest BCUT2D eigenvalue weighted by molar-refractivity contribution is 7.91. The average Bonchev–Trinajstić information content (AvgIpc) is 2.84. The summed E-state index contributed by atoms with van der Waals surface area (Å²) in [5.41, 5.74) is 0. The van der Waals surface area contributed by atoms with Gasteiger partial charge in [-0.25, -0.2) is 13.4 Å². The topological polar surface area (TPSA) is 96.4 Å². The van der Waals surface area contributed by atoms with Crippen molar-refractivity contribution < 1.29 is 18.3 Å². The average molecular weight is 306 g/mol. The Labute approximate surface area is 116 Å². The van der Waals surface area contributed by atoms with Crippen molar-refractivity contribution in [2.45, 2.75) is 43.9 Å². The highest BCUT2D eigenvalue weighted by atomic mass is 32.2. The second-order valence-corrected chi connectivity index (χ2v) is 7.31. The molecule has 0 bridgehead atoms. The third-order valence-electron chi connectivity index (χ3n) is 2.86. The lowest BCUT2D eigenvalue weighted by atomic mass is 10.0. The predicted octanol–water partition coefficient (Wildman–Crippen LogP) is 1.48. The van der Waals surface area contributed by atoms with Crippen LogP contribution in [0, 0.1) is 5.92 Å². The molecule has 0 saturated heterocycles. The minimum absolute atomic E-state index is 0.0545. The molecule has 0 amide bonds. The fourth-order valence-electron chi connectivity index (χ4n) is 1.45. The molecule has 108 valence electrons. The molecule has 1 aromatic rings. The van der Waals surface area contributed by atoms with E-state index in [1.54, 1.807) is 6.92 Å². The van der Waals surface area contributed by atoms with Gasteiger partial charge in [0.05, 0.1) is 11.2 Å². The van der Waals surface area contributed by atoms with Crippen LogP contribution in [-0.4, -0.2) is 30.5 Å². The summed E-state index contributed by atoms with van der Waals surface area (Å²) >= 11 is 1.06. The SMILES string of the molecule is CCc1ncc(S(=O)(=O)N[C@H](C(=O)O)[C@@H](C)CC)s1. The van der Waals surface area contributed by atoms with Crippen molar-refractivity contribution in [3.05, 3.63) is 11.2 Å². The van der Waals surface area contributed by atoms with Crippen LogP contribution in [-0.2, 0) is 21.2 Å². The van der Waals surface area contributed by atoms with E-state index < -0.39 is 22.0 Å². The molecular weight excluding hydrogens is 288 g/mol. The van der Waals surface area contributed by atoms with Gasteiger partial charge in [0.1, 0.15) is 6.04 Å². The molecular formula is C11H18N2O4S2. The molecule has 8 heteroatoms. The Morgan fingerprint density at radius 2 is 2.16 bits per heavy atom. The Hall–Kier alpha value is -0.990. The molecule has 0 aliphatic carbocycles. The van der Waals surface area contributed by atoms with Gasteiger partial charge in [-0.2, -0.15) is 4.72 Å². The lowest BCUT2D eigenvalue weighted by molar-refractivity contribution is -0.140. The highest BCUT2D eigenvalue weighted by Gasteiger charge is 2.30. The molecule has 1 rings (SSSR count). The third kappa shape index (κ3) is 3.99. The Morgan fingerprint density at radius 3 is 2.58 bits per heavy atom. The maximum Gasteiger partial charge on any atom is 0.322 e. The van der Waals surface area contributed by atoms with Crippen molar-refractivity contribution >= 4 is 27.3 Å². The normalized spacial score (nSPS) is 15.1. The molecule has 0 saturated carbocycles. The van der Waals surface area contributed by atoms with Crippen LogP contribution < -0.4 is 4.72 Å². The smallest absolute Gasteiger partial charge is 0.322 e. The van der Waals surface area contributed by atoms with Gasteiger partial charge >= 0.3 is 5.97 Å². The summed E-state index contributed by atoms with van der Waals surface area (Å²) in [6, 6.07) is -1.12. The van der Waals surface area contributed by atoms with Crippen LogP contribution in [0.4, 0.5) is 0 Å². The molecule has 19 heavy (non-hydrogen) atoms. The summed E-state index contributed by atoms with van der Waals surface area (Å²) in [5, 5.41) is 9.80. The first-order chi connectivity index (χ1) is 8.81. The minimum atomic E-state index is -3.82. The molecule has 1 heterocycles. The van der Waals surface area contributed by atoms with Crippen LogP contribution in [0.2, 0.25) is 0 Å². The summed E-state index contributed by atoms with van der Waals surface area (Å²) in [7, 11) is -3.82. The zero-order valence-electron chi connectivity index (χ0n) is 11.1. The predicted molar refractivity (Wildman–Crippen MR) is 72.7 cm³/mol. The molecule has 0 fully saturated rings. The van der Waals surface area contributed by atoms with Crippen molar-refractivity contribution in [2.24, 2.45) is 5.92 Å². The number of aryl methyl sites for hydroxylation is 1. The van der Waals surface area contributed by atoms with Crippen LogP contribution >= 0.6 is 11.3 Å². The molecule has 0 aliphatic rings. The van der Waals surface area contributed by atoms with Gasteiger partial charge < -0.3 is 5.11 Å². The molecule has 0 aliphatic heterocycles. The second-order valence-electron chi connectivity index (χ2n) is 4.25. The number of nitrogens with one attached hydrogen (secondary N) is 1. The number of nitrogens with zero attached hydrogens (tertiary/aromatic N) is 1. The number of carboxylic acids is 1. The zero-order chi connectivity index (χ0) is 14.6. The minimum Gasteiger partial charge on any atom is -0.480 e. The second kappa shape index (κ2) is 6.44. The van der Waals surface area contributed by atoms with Crippen LogP contribution in [0.25, 0.3) is 0 Å². The first kappa shape index (κ1) is 16.1. The molecule has 2 N–H and O–H groups in total. The molecule has 2 atom stereocenters. The van der Waals surface area contributed by atoms with Gasteiger partial charge in [-0.1, -0.05) is 27.2 Å². The van der Waals surface area contributed by atoms with Crippen LogP contribution in [0.1, 0.15) is 32.2 Å². The Bertz CT molecular complexity index is 539. The van der Waals surface area contributed by atoms with E-state index in [0.29, 0.717) is 17.8 Å². The molecule has 0 radical (unpaired) electrons. The van der Waals surface area contributed by atoms with Crippen LogP contribution in [0.3, 0.4) is 0 Å². The number of aromatic nitrogens is 1. The summed E-state index contributed by atoms with van der Waals surface area (Å²) in [4.78, 5) is 15.1. The number of thiazole rings is 1. The largest absolute Gasteiger partial charge is 0.480 e. The molecule has 1 aromatic heterocycles. The van der Waals surface area contributed by atoms with E-state index in [1.165, 1.54) is 6.20 Å². The molecule has 0 aromatic carbocycles. The zero-order valence-corrected chi connectivity index (χ0v) is 12.7. The van der Waals surface area contributed by atoms with Gasteiger partial charge in [0.25, 0.3) is 10.0 Å². The van der Waals surface area contributed by atoms with Crippen molar-refractivity contribution in [1.82, 2.24) is 9.71 Å². The Balaban J connectivity index is 2.97. The fourth-order valence-corrected chi connectivity index (χ4v) is 3.89. The van der Waals surface area contributed by atoms with Crippen molar-refractivity contribution in [2.75, 3.05) is 0 Å². The number of carboxylic acid groups (broad SMARTS) is 1. The lowest BCUT2D eigenvalue weighted by Gasteiger charge is -2.19. The van der Waals surface area contributed by atoms with E-state index >= 15 is 0 Å². The van der Waals surface area contributed by atoms with E-state index in [1.807, 2.05) is 13.8 Å². The molecule has 0 unspecified atom stereocenters. The first-order valence-electron chi connectivity index (χ1n) is 6.01. The maximum absolute atomic E-state index is 12.1. The monoisotopic (exact) mass is 306 g/mol. The van der Waals surface area contributed by atoms with Crippen molar-refractivity contribution in [3.8, 4) is 0 Å². The number of carbonyl (C=O) groups is 1. The van der Waals surface area contributed by atoms with E-state index in [0.717, 1.165) is 11.3 Å². The van der Waals surface area contributed by atoms with Crippen molar-refractivity contribution in [1.29, 1.82) is 0 Å². The number of sulfonamides is 1. The number of rotatable bonds is 7. The van der Waals surface area contributed by atoms with Gasteiger partial charge in [-0.05, 0) is 12.3 Å². The third-order valence-corrected chi connectivity index (χ3v) is 5.90. The number of hydrogen-bond donors (Lipinski definition) is 2. The van der Waals surface area contributed by atoms with Gasteiger partial charge in [0.2, 0.25) is 0 Å². The standard InChI is InChI=1S/C11H18N2O4S2/c1-4-7(3)10(11(14)15)13-19(16,17)9-6-12-8(5-2)18-9/h6-7,10,13H,4-5H2,1-3H3,(H,14,15)/t7-,10-/m0/s1. The van der Waals surface area contributed by atoms with E-state index in [9.17, 15) is 13.2 Å². The lowest BCUT2D eigenvalue weighted by Crippen LogP contribution is -2.44. The van der Waals surface area contributed by atoms with Crippen molar-refractivity contribution in [3.63, 3.8) is 0 Å². The van der Waals surface area contributed by atoms with Gasteiger partial charge in [0.15, 0.2) is 4.21 Å². The quantitative estimate of drug-likeness (QED) is 0.795. The Morgan fingerprint density at radius 1 is 1.53 bits per heavy atom. The van der Waals surface area contributed by atoms with Crippen LogP contribution in [0.5, 0.6) is 0 Å². The maximum atomic E-state index is 12.1. The highest BCUT2D eigenvalue weighted by Crippen LogP contribution is 2.20. The summed E-state index contributed by atoms with van der Waals surface area (Å²) in [5.74, 6) is -1.45. The van der Waals surface area contributed by atoms with E-state index in [4.69, 9.17) is 5.11 Å². The number of aliphatic carboxylic acids is 1. The first-order valence-corrected chi connectivity index (χ1v) is 8.31. The summed E-state index contributed by atoms with van der Waals surface area (Å²) < 4.78 is 26.5. The summed E-state index contributed by atoms with van der Waals surface area (Å²) in [6.07, 6.45) is 2.48. The number of hydrogen-bond acceptors (Lipinski definition) is 5.